The summed E-state index contributed by atoms with van der Waals surface area (Å²) in [7, 11) is -3.65. The van der Waals surface area contributed by atoms with Crippen LogP contribution in [0.1, 0.15) is 0 Å². The van der Waals surface area contributed by atoms with Crippen molar-refractivity contribution in [3.63, 3.8) is 0 Å². The van der Waals surface area contributed by atoms with Crippen molar-refractivity contribution in [2.75, 3.05) is 26.4 Å². The standard InChI is InChI=1S/C9H12ClN3O4S/c10-9-11-4-8(5-12-9)18(14,15)13-3-7-6-16-1-2-17-7/h4-5,7,13H,1-3,6H2. The number of hydrogen-bond donors (Lipinski definition) is 1. The highest BCUT2D eigenvalue weighted by molar-refractivity contribution is 7.89. The first-order valence-corrected chi connectivity index (χ1v) is 7.10. The zero-order valence-electron chi connectivity index (χ0n) is 9.37. The molecule has 1 aromatic heterocycles. The van der Waals surface area contributed by atoms with Crippen LogP contribution in [-0.2, 0) is 19.5 Å². The van der Waals surface area contributed by atoms with Crippen LogP contribution in [0.15, 0.2) is 17.3 Å². The Bertz CT molecular complexity index is 487. The molecule has 1 fully saturated rings. The molecule has 0 bridgehead atoms. The maximum absolute atomic E-state index is 11.9. The van der Waals surface area contributed by atoms with Crippen LogP contribution >= 0.6 is 11.6 Å². The molecule has 1 atom stereocenters. The largest absolute Gasteiger partial charge is 0.376 e. The van der Waals surface area contributed by atoms with E-state index >= 15 is 0 Å². The van der Waals surface area contributed by atoms with Gasteiger partial charge < -0.3 is 9.47 Å². The molecule has 2 heterocycles. The highest BCUT2D eigenvalue weighted by Crippen LogP contribution is 2.08. The second-order valence-corrected chi connectivity index (χ2v) is 5.71. The minimum Gasteiger partial charge on any atom is -0.376 e. The van der Waals surface area contributed by atoms with Gasteiger partial charge in [0.05, 0.1) is 38.3 Å². The average Bonchev–Trinajstić information content (AvgIpc) is 2.38. The van der Waals surface area contributed by atoms with Crippen LogP contribution in [0.3, 0.4) is 0 Å². The SMILES string of the molecule is O=S(=O)(NCC1COCCO1)c1cnc(Cl)nc1. The third kappa shape index (κ3) is 3.59. The predicted molar refractivity (Wildman–Crippen MR) is 62.8 cm³/mol. The molecule has 0 aliphatic carbocycles. The van der Waals surface area contributed by atoms with Crippen molar-refractivity contribution in [3.8, 4) is 0 Å². The topological polar surface area (TPSA) is 90.4 Å². The van der Waals surface area contributed by atoms with Crippen LogP contribution in [0.5, 0.6) is 0 Å². The number of ether oxygens (including phenoxy) is 2. The number of aromatic nitrogens is 2. The first kappa shape index (κ1) is 13.6. The monoisotopic (exact) mass is 293 g/mol. The molecule has 0 spiro atoms. The Labute approximate surface area is 110 Å². The summed E-state index contributed by atoms with van der Waals surface area (Å²) in [6.45, 7) is 1.52. The highest BCUT2D eigenvalue weighted by atomic mass is 35.5. The fourth-order valence-electron chi connectivity index (χ4n) is 1.38. The van der Waals surface area contributed by atoms with E-state index in [2.05, 4.69) is 14.7 Å². The molecule has 2 rings (SSSR count). The second-order valence-electron chi connectivity index (χ2n) is 3.61. The van der Waals surface area contributed by atoms with Gasteiger partial charge in [-0.15, -0.1) is 0 Å². The zero-order valence-corrected chi connectivity index (χ0v) is 10.9. The van der Waals surface area contributed by atoms with Crippen LogP contribution in [-0.4, -0.2) is 50.9 Å². The zero-order chi connectivity index (χ0) is 13.0. The molecule has 1 aromatic rings. The summed E-state index contributed by atoms with van der Waals surface area (Å²) in [4.78, 5) is 7.20. The van der Waals surface area contributed by atoms with Gasteiger partial charge in [0.1, 0.15) is 4.90 Å². The molecule has 0 radical (unpaired) electrons. The van der Waals surface area contributed by atoms with Gasteiger partial charge in [-0.1, -0.05) is 0 Å². The van der Waals surface area contributed by atoms with Crippen molar-refractivity contribution in [3.05, 3.63) is 17.7 Å². The van der Waals surface area contributed by atoms with Gasteiger partial charge >= 0.3 is 0 Å². The molecule has 9 heteroatoms. The minimum absolute atomic E-state index is 0.00189. The number of halogens is 1. The van der Waals surface area contributed by atoms with E-state index in [1.54, 1.807) is 0 Å². The molecule has 1 unspecified atom stereocenters. The van der Waals surface area contributed by atoms with Gasteiger partial charge in [0.2, 0.25) is 15.3 Å². The molecular formula is C9H12ClN3O4S. The van der Waals surface area contributed by atoms with Crippen molar-refractivity contribution in [1.29, 1.82) is 0 Å². The van der Waals surface area contributed by atoms with Crippen molar-refractivity contribution < 1.29 is 17.9 Å². The van der Waals surface area contributed by atoms with Crippen LogP contribution < -0.4 is 4.72 Å². The van der Waals surface area contributed by atoms with Crippen molar-refractivity contribution in [2.24, 2.45) is 0 Å². The first-order valence-electron chi connectivity index (χ1n) is 5.24. The Hall–Kier alpha value is -0.800. The molecular weight excluding hydrogens is 282 g/mol. The molecule has 0 aromatic carbocycles. The lowest BCUT2D eigenvalue weighted by atomic mass is 10.3. The second kappa shape index (κ2) is 5.89. The third-order valence-corrected chi connectivity index (χ3v) is 3.87. The minimum atomic E-state index is -3.65. The lowest BCUT2D eigenvalue weighted by Crippen LogP contribution is -2.39. The van der Waals surface area contributed by atoms with Gasteiger partial charge in [0.15, 0.2) is 0 Å². The van der Waals surface area contributed by atoms with Gasteiger partial charge in [-0.25, -0.2) is 23.1 Å². The Morgan fingerprint density at radius 2 is 2.11 bits per heavy atom. The van der Waals surface area contributed by atoms with E-state index in [-0.39, 0.29) is 22.8 Å². The average molecular weight is 294 g/mol. The predicted octanol–water partition coefficient (Wildman–Crippen LogP) is -0.176. The van der Waals surface area contributed by atoms with E-state index in [9.17, 15) is 8.42 Å². The van der Waals surface area contributed by atoms with E-state index in [0.717, 1.165) is 12.4 Å². The quantitative estimate of drug-likeness (QED) is 0.775. The molecule has 1 saturated heterocycles. The van der Waals surface area contributed by atoms with Gasteiger partial charge in [-0.05, 0) is 11.6 Å². The summed E-state index contributed by atoms with van der Waals surface area (Å²) in [5.41, 5.74) is 0. The van der Waals surface area contributed by atoms with Gasteiger partial charge in [-0.2, -0.15) is 0 Å². The maximum Gasteiger partial charge on any atom is 0.243 e. The molecule has 7 nitrogen and oxygen atoms in total. The Kier molecular flexibility index (Phi) is 4.46. The fourth-order valence-corrected chi connectivity index (χ4v) is 2.43. The molecule has 1 N–H and O–H groups in total. The summed E-state index contributed by atoms with van der Waals surface area (Å²) in [6, 6.07) is 0. The molecule has 0 saturated carbocycles. The number of nitrogens with one attached hydrogen (secondary N) is 1. The van der Waals surface area contributed by atoms with Crippen molar-refractivity contribution in [2.45, 2.75) is 11.0 Å². The van der Waals surface area contributed by atoms with Gasteiger partial charge in [-0.3, -0.25) is 0 Å². The van der Waals surface area contributed by atoms with E-state index in [1.807, 2.05) is 0 Å². The smallest absolute Gasteiger partial charge is 0.243 e. The molecule has 18 heavy (non-hydrogen) atoms. The Morgan fingerprint density at radius 3 is 2.72 bits per heavy atom. The van der Waals surface area contributed by atoms with Crippen LogP contribution in [0.2, 0.25) is 5.28 Å². The first-order chi connectivity index (χ1) is 8.58. The maximum atomic E-state index is 11.9. The van der Waals surface area contributed by atoms with E-state index in [0.29, 0.717) is 19.8 Å². The number of rotatable bonds is 4. The van der Waals surface area contributed by atoms with Crippen molar-refractivity contribution in [1.82, 2.24) is 14.7 Å². The van der Waals surface area contributed by atoms with E-state index < -0.39 is 10.0 Å². The Morgan fingerprint density at radius 1 is 1.39 bits per heavy atom. The molecule has 100 valence electrons. The van der Waals surface area contributed by atoms with Crippen LogP contribution in [0.4, 0.5) is 0 Å². The van der Waals surface area contributed by atoms with Crippen LogP contribution in [0, 0.1) is 0 Å². The van der Waals surface area contributed by atoms with Crippen molar-refractivity contribution >= 4 is 21.6 Å². The number of hydrogen-bond acceptors (Lipinski definition) is 6. The number of sulfonamides is 1. The summed E-state index contributed by atoms with van der Waals surface area (Å²) >= 11 is 5.49. The molecule has 1 aliphatic rings. The molecule has 1 aliphatic heterocycles. The summed E-state index contributed by atoms with van der Waals surface area (Å²) in [6.07, 6.45) is 2.02. The fraction of sp³-hybridized carbons (Fsp3) is 0.556. The highest BCUT2D eigenvalue weighted by Gasteiger charge is 2.20. The number of nitrogens with zero attached hydrogens (tertiary/aromatic N) is 2. The lowest BCUT2D eigenvalue weighted by Gasteiger charge is -2.22. The normalized spacial score (nSPS) is 20.8. The van der Waals surface area contributed by atoms with Gasteiger partial charge in [0, 0.05) is 6.54 Å². The van der Waals surface area contributed by atoms with Gasteiger partial charge in [0.25, 0.3) is 0 Å². The van der Waals surface area contributed by atoms with E-state index in [4.69, 9.17) is 21.1 Å². The summed E-state index contributed by atoms with van der Waals surface area (Å²) in [5, 5.41) is -0.00189. The summed E-state index contributed by atoms with van der Waals surface area (Å²) < 4.78 is 36.6. The Balaban J connectivity index is 1.96. The lowest BCUT2D eigenvalue weighted by molar-refractivity contribution is -0.0846. The molecule has 0 amide bonds. The summed E-state index contributed by atoms with van der Waals surface area (Å²) in [5.74, 6) is 0. The third-order valence-electron chi connectivity index (χ3n) is 2.29. The van der Waals surface area contributed by atoms with Crippen LogP contribution in [0.25, 0.3) is 0 Å². The van der Waals surface area contributed by atoms with E-state index in [1.165, 1.54) is 0 Å².